The molecule has 8 heteroatoms. The molecule has 0 aromatic heterocycles. The fourth-order valence-electron chi connectivity index (χ4n) is 4.87. The number of nitrogens with zero attached hydrogens (tertiary/aromatic N) is 2. The van der Waals surface area contributed by atoms with Crippen LogP contribution in [0.25, 0.3) is 0 Å². The topological polar surface area (TPSA) is 96.9 Å². The van der Waals surface area contributed by atoms with Gasteiger partial charge >= 0.3 is 0 Å². The highest BCUT2D eigenvalue weighted by Crippen LogP contribution is 2.30. The molecule has 1 aromatic rings. The number of likely N-dealkylation sites (N-methyl/N-ethyl adjacent to an activating group) is 1. The minimum atomic E-state index is -0.712. The third-order valence-electron chi connectivity index (χ3n) is 7.05. The highest BCUT2D eigenvalue weighted by atomic mass is 16.3. The Hall–Kier alpha value is -2.44. The van der Waals surface area contributed by atoms with E-state index >= 15 is 0 Å². The molecule has 2 saturated heterocycles. The first-order chi connectivity index (χ1) is 16.2. The standard InChI is InChI=1S/C26H39N5O3/c1-5-19-6-8-20(9-7-19)17-29-24(33)22-16-21(32)18-31(22)25(34)23(27-4)26(2,3)10-13-30-14-11-28-12-15-30/h1,6-9,21-23,27-28,32H,10-18H2,2-4H3,(H,29,33)/t21-,22+,23+/m1/s1. The Morgan fingerprint density at radius 3 is 2.56 bits per heavy atom. The predicted molar refractivity (Wildman–Crippen MR) is 133 cm³/mol. The van der Waals surface area contributed by atoms with Crippen molar-refractivity contribution in [2.45, 2.75) is 51.4 Å². The lowest BCUT2D eigenvalue weighted by molar-refractivity contribution is -0.142. The predicted octanol–water partition coefficient (Wildman–Crippen LogP) is 0.155. The first-order valence-corrected chi connectivity index (χ1v) is 12.2. The van der Waals surface area contributed by atoms with Crippen molar-refractivity contribution in [1.29, 1.82) is 0 Å². The van der Waals surface area contributed by atoms with Gasteiger partial charge in [-0.3, -0.25) is 9.59 Å². The van der Waals surface area contributed by atoms with Crippen LogP contribution < -0.4 is 16.0 Å². The van der Waals surface area contributed by atoms with Crippen LogP contribution in [0.3, 0.4) is 0 Å². The SMILES string of the molecule is C#Cc1ccc(CNC(=O)[C@@H]2C[C@@H](O)CN2C(=O)[C@H](NC)C(C)(C)CCN2CCNCC2)cc1. The van der Waals surface area contributed by atoms with Crippen molar-refractivity contribution in [3.05, 3.63) is 35.4 Å². The number of hydrogen-bond acceptors (Lipinski definition) is 6. The number of benzene rings is 1. The lowest BCUT2D eigenvalue weighted by atomic mass is 9.80. The average molecular weight is 470 g/mol. The molecule has 2 amide bonds. The van der Waals surface area contributed by atoms with Gasteiger partial charge in [-0.05, 0) is 43.1 Å². The summed E-state index contributed by atoms with van der Waals surface area (Å²) < 4.78 is 0. The number of likely N-dealkylation sites (tertiary alicyclic amines) is 1. The molecule has 2 heterocycles. The minimum Gasteiger partial charge on any atom is -0.391 e. The summed E-state index contributed by atoms with van der Waals surface area (Å²) in [5.41, 5.74) is 1.39. The Bertz CT molecular complexity index is 873. The van der Waals surface area contributed by atoms with E-state index in [9.17, 15) is 14.7 Å². The first-order valence-electron chi connectivity index (χ1n) is 12.2. The minimum absolute atomic E-state index is 0.136. The molecule has 0 bridgehead atoms. The van der Waals surface area contributed by atoms with E-state index < -0.39 is 18.2 Å². The van der Waals surface area contributed by atoms with Crippen molar-refractivity contribution >= 4 is 11.8 Å². The Kier molecular flexibility index (Phi) is 9.09. The molecular weight excluding hydrogens is 430 g/mol. The van der Waals surface area contributed by atoms with Crippen molar-refractivity contribution in [3.8, 4) is 12.3 Å². The van der Waals surface area contributed by atoms with E-state index in [1.165, 1.54) is 0 Å². The molecule has 0 spiro atoms. The van der Waals surface area contributed by atoms with E-state index in [4.69, 9.17) is 6.42 Å². The second-order valence-corrected chi connectivity index (χ2v) is 10.0. The number of aliphatic hydroxyl groups excluding tert-OH is 1. The fraction of sp³-hybridized carbons (Fsp3) is 0.615. The monoisotopic (exact) mass is 469 g/mol. The van der Waals surface area contributed by atoms with Crippen molar-refractivity contribution in [3.63, 3.8) is 0 Å². The van der Waals surface area contributed by atoms with Crippen LogP contribution in [0.5, 0.6) is 0 Å². The molecule has 3 rings (SSSR count). The number of nitrogens with one attached hydrogen (secondary N) is 3. The van der Waals surface area contributed by atoms with Crippen LogP contribution in [0.15, 0.2) is 24.3 Å². The number of aliphatic hydroxyl groups is 1. The molecule has 0 unspecified atom stereocenters. The van der Waals surface area contributed by atoms with Gasteiger partial charge in [-0.25, -0.2) is 0 Å². The highest BCUT2D eigenvalue weighted by molar-refractivity contribution is 5.91. The molecule has 1 aromatic carbocycles. The Labute approximate surface area is 203 Å². The van der Waals surface area contributed by atoms with E-state index in [-0.39, 0.29) is 30.2 Å². The third kappa shape index (κ3) is 6.57. The van der Waals surface area contributed by atoms with Gasteiger partial charge in [0, 0.05) is 51.3 Å². The maximum absolute atomic E-state index is 13.6. The Morgan fingerprint density at radius 2 is 1.94 bits per heavy atom. The smallest absolute Gasteiger partial charge is 0.243 e. The zero-order valence-electron chi connectivity index (χ0n) is 20.6. The van der Waals surface area contributed by atoms with E-state index in [1.807, 2.05) is 24.3 Å². The average Bonchev–Trinajstić information content (AvgIpc) is 3.24. The summed E-state index contributed by atoms with van der Waals surface area (Å²) in [6, 6.07) is 6.27. The van der Waals surface area contributed by atoms with Gasteiger partial charge in [0.1, 0.15) is 6.04 Å². The Balaban J connectivity index is 1.62. The largest absolute Gasteiger partial charge is 0.391 e. The highest BCUT2D eigenvalue weighted by Gasteiger charge is 2.44. The summed E-state index contributed by atoms with van der Waals surface area (Å²) in [4.78, 5) is 30.6. The van der Waals surface area contributed by atoms with Crippen LogP contribution in [0.1, 0.15) is 37.8 Å². The molecule has 2 aliphatic heterocycles. The van der Waals surface area contributed by atoms with E-state index in [1.54, 1.807) is 11.9 Å². The molecule has 8 nitrogen and oxygen atoms in total. The number of piperazine rings is 1. The Morgan fingerprint density at radius 1 is 1.26 bits per heavy atom. The number of rotatable bonds is 9. The molecule has 4 N–H and O–H groups in total. The maximum atomic E-state index is 13.6. The van der Waals surface area contributed by atoms with Crippen LogP contribution in [0.4, 0.5) is 0 Å². The number of β-amino-alcohol motifs (C(OH)–C–C–N with tert-alkyl or cyclic N) is 1. The van der Waals surface area contributed by atoms with Gasteiger partial charge in [-0.2, -0.15) is 0 Å². The molecular formula is C26H39N5O3. The number of carbonyl (C=O) groups is 2. The molecule has 0 aliphatic carbocycles. The summed E-state index contributed by atoms with van der Waals surface area (Å²) in [7, 11) is 1.79. The van der Waals surface area contributed by atoms with Gasteiger partial charge < -0.3 is 30.9 Å². The number of terminal acetylenes is 1. The number of carbonyl (C=O) groups excluding carboxylic acids is 2. The number of hydrogen-bond donors (Lipinski definition) is 4. The quantitative estimate of drug-likeness (QED) is 0.385. The van der Waals surface area contributed by atoms with Crippen LogP contribution in [0, 0.1) is 17.8 Å². The van der Waals surface area contributed by atoms with Crippen molar-refractivity contribution in [1.82, 2.24) is 25.8 Å². The summed E-state index contributed by atoms with van der Waals surface area (Å²) in [6.07, 6.45) is 5.78. The molecule has 186 valence electrons. The van der Waals surface area contributed by atoms with Gasteiger partial charge in [-0.15, -0.1) is 6.42 Å². The van der Waals surface area contributed by atoms with Gasteiger partial charge in [0.15, 0.2) is 0 Å². The maximum Gasteiger partial charge on any atom is 0.243 e. The molecule has 0 saturated carbocycles. The van der Waals surface area contributed by atoms with Crippen LogP contribution in [-0.4, -0.2) is 91.2 Å². The van der Waals surface area contributed by atoms with Crippen molar-refractivity contribution in [2.75, 3.05) is 46.3 Å². The molecule has 3 atom stereocenters. The van der Waals surface area contributed by atoms with E-state index in [2.05, 4.69) is 40.6 Å². The van der Waals surface area contributed by atoms with E-state index in [0.29, 0.717) is 6.54 Å². The fourth-order valence-corrected chi connectivity index (χ4v) is 4.87. The summed E-state index contributed by atoms with van der Waals surface area (Å²) >= 11 is 0. The molecule has 34 heavy (non-hydrogen) atoms. The van der Waals surface area contributed by atoms with Crippen LogP contribution in [0.2, 0.25) is 0 Å². The lowest BCUT2D eigenvalue weighted by Crippen LogP contribution is -2.57. The summed E-state index contributed by atoms with van der Waals surface area (Å²) in [6.45, 7) is 9.62. The van der Waals surface area contributed by atoms with Gasteiger partial charge in [0.2, 0.25) is 11.8 Å². The van der Waals surface area contributed by atoms with Crippen molar-refractivity contribution in [2.24, 2.45) is 5.41 Å². The van der Waals surface area contributed by atoms with Crippen LogP contribution in [-0.2, 0) is 16.1 Å². The van der Waals surface area contributed by atoms with Gasteiger partial charge in [0.05, 0.1) is 12.1 Å². The summed E-state index contributed by atoms with van der Waals surface area (Å²) in [5.74, 6) is 2.19. The lowest BCUT2D eigenvalue weighted by Gasteiger charge is -2.38. The van der Waals surface area contributed by atoms with E-state index in [0.717, 1.165) is 50.3 Å². The molecule has 2 aliphatic rings. The number of amides is 2. The van der Waals surface area contributed by atoms with Crippen LogP contribution >= 0.6 is 0 Å². The first kappa shape index (κ1) is 26.2. The van der Waals surface area contributed by atoms with Gasteiger partial charge in [0.25, 0.3) is 0 Å². The normalized spacial score (nSPS) is 22.3. The summed E-state index contributed by atoms with van der Waals surface area (Å²) in [5, 5.41) is 19.8. The zero-order valence-corrected chi connectivity index (χ0v) is 20.6. The third-order valence-corrected chi connectivity index (χ3v) is 7.05. The zero-order chi connectivity index (χ0) is 24.7. The van der Waals surface area contributed by atoms with Crippen molar-refractivity contribution < 1.29 is 14.7 Å². The second-order valence-electron chi connectivity index (χ2n) is 10.0. The molecule has 2 fully saturated rings. The molecule has 0 radical (unpaired) electrons. The van der Waals surface area contributed by atoms with Gasteiger partial charge in [-0.1, -0.05) is 31.9 Å². The second kappa shape index (κ2) is 11.8.